The summed E-state index contributed by atoms with van der Waals surface area (Å²) in [4.78, 5) is 4.34. The van der Waals surface area contributed by atoms with Crippen molar-refractivity contribution in [3.8, 4) is 11.5 Å². The average Bonchev–Trinajstić information content (AvgIpc) is 3.07. The molecule has 0 amide bonds. The molecule has 1 aromatic heterocycles. The molecule has 26 heavy (non-hydrogen) atoms. The highest BCUT2D eigenvalue weighted by Gasteiger charge is 2.31. The molecular weight excluding hydrogens is 330 g/mol. The number of ether oxygens (including phenoxy) is 2. The predicted octanol–water partition coefficient (Wildman–Crippen LogP) is 3.02. The lowest BCUT2D eigenvalue weighted by Gasteiger charge is -2.31. The molecule has 0 unspecified atom stereocenters. The van der Waals surface area contributed by atoms with Gasteiger partial charge >= 0.3 is 0 Å². The molecule has 1 aliphatic rings. The molecule has 0 spiro atoms. The van der Waals surface area contributed by atoms with Crippen LogP contribution in [0.25, 0.3) is 0 Å². The summed E-state index contributed by atoms with van der Waals surface area (Å²) in [7, 11) is 3.33. The van der Waals surface area contributed by atoms with Gasteiger partial charge in [0.1, 0.15) is 11.5 Å². The van der Waals surface area contributed by atoms with Crippen LogP contribution in [0.3, 0.4) is 0 Å². The molecule has 7 nitrogen and oxygen atoms in total. The van der Waals surface area contributed by atoms with Crippen LogP contribution < -0.4 is 20.5 Å². The van der Waals surface area contributed by atoms with E-state index in [4.69, 9.17) is 15.2 Å². The molecule has 0 aliphatic carbocycles. The lowest BCUT2D eigenvalue weighted by atomic mass is 9.93. The van der Waals surface area contributed by atoms with Gasteiger partial charge in [0.15, 0.2) is 0 Å². The molecule has 7 heteroatoms. The zero-order chi connectivity index (χ0) is 18.1. The van der Waals surface area contributed by atoms with Gasteiger partial charge in [-0.15, -0.1) is 5.10 Å². The second kappa shape index (κ2) is 6.59. The van der Waals surface area contributed by atoms with Crippen LogP contribution in [0.4, 0.5) is 11.9 Å². The Kier molecular flexibility index (Phi) is 4.12. The van der Waals surface area contributed by atoms with Crippen LogP contribution in [-0.2, 0) is 0 Å². The van der Waals surface area contributed by atoms with E-state index < -0.39 is 0 Å². The van der Waals surface area contributed by atoms with E-state index in [1.165, 1.54) is 0 Å². The first-order valence-corrected chi connectivity index (χ1v) is 8.44. The topological polar surface area (TPSA) is 87.2 Å². The lowest BCUT2D eigenvalue weighted by Crippen LogP contribution is -2.28. The zero-order valence-electron chi connectivity index (χ0n) is 14.7. The minimum atomic E-state index is 0.0261. The van der Waals surface area contributed by atoms with Gasteiger partial charge < -0.3 is 20.5 Å². The Hall–Kier alpha value is -3.22. The molecule has 3 aromatic rings. The highest BCUT2D eigenvalue weighted by molar-refractivity contribution is 5.43. The third-order valence-corrected chi connectivity index (χ3v) is 4.70. The Balaban J connectivity index is 1.72. The summed E-state index contributed by atoms with van der Waals surface area (Å²) in [6.07, 6.45) is 0.815. The van der Waals surface area contributed by atoms with Gasteiger partial charge in [0.2, 0.25) is 11.9 Å². The van der Waals surface area contributed by atoms with Crippen molar-refractivity contribution in [3.05, 3.63) is 59.7 Å². The molecule has 0 saturated carbocycles. The summed E-state index contributed by atoms with van der Waals surface area (Å²) < 4.78 is 12.5. The number of rotatable bonds is 4. The molecule has 3 N–H and O–H groups in total. The molecule has 4 rings (SSSR count). The van der Waals surface area contributed by atoms with E-state index in [0.29, 0.717) is 5.95 Å². The molecule has 134 valence electrons. The fourth-order valence-electron chi connectivity index (χ4n) is 3.37. The summed E-state index contributed by atoms with van der Waals surface area (Å²) >= 11 is 0. The fourth-order valence-corrected chi connectivity index (χ4v) is 3.37. The first kappa shape index (κ1) is 16.3. The van der Waals surface area contributed by atoms with Crippen molar-refractivity contribution in [2.45, 2.75) is 18.5 Å². The van der Waals surface area contributed by atoms with Crippen LogP contribution >= 0.6 is 0 Å². The maximum absolute atomic E-state index is 5.85. The summed E-state index contributed by atoms with van der Waals surface area (Å²) in [5, 5.41) is 7.82. The van der Waals surface area contributed by atoms with Gasteiger partial charge in [0.05, 0.1) is 26.3 Å². The van der Waals surface area contributed by atoms with Crippen LogP contribution in [0, 0.1) is 0 Å². The van der Waals surface area contributed by atoms with E-state index in [-0.39, 0.29) is 18.0 Å². The Bertz CT molecular complexity index is 907. The summed E-state index contributed by atoms with van der Waals surface area (Å²) in [5.74, 6) is 2.59. The van der Waals surface area contributed by atoms with E-state index in [1.54, 1.807) is 14.2 Å². The Labute approximate surface area is 151 Å². The molecule has 2 aromatic carbocycles. The maximum atomic E-state index is 5.85. The van der Waals surface area contributed by atoms with Crippen LogP contribution in [0.15, 0.2) is 48.5 Å². The fraction of sp³-hybridized carbons (Fsp3) is 0.263. The first-order chi connectivity index (χ1) is 12.7. The molecule has 1 aliphatic heterocycles. The number of nitrogen functional groups attached to an aromatic ring is 1. The molecule has 0 saturated heterocycles. The van der Waals surface area contributed by atoms with Gasteiger partial charge in [-0.2, -0.15) is 4.98 Å². The van der Waals surface area contributed by atoms with Gasteiger partial charge in [-0.1, -0.05) is 24.3 Å². The van der Waals surface area contributed by atoms with Crippen molar-refractivity contribution in [2.75, 3.05) is 25.3 Å². The normalized spacial score (nSPS) is 18.7. The summed E-state index contributed by atoms with van der Waals surface area (Å²) in [6.45, 7) is 0. The van der Waals surface area contributed by atoms with E-state index in [2.05, 4.69) is 33.6 Å². The second-order valence-electron chi connectivity index (χ2n) is 6.24. The van der Waals surface area contributed by atoms with Crippen LogP contribution in [-0.4, -0.2) is 29.0 Å². The third kappa shape index (κ3) is 2.92. The van der Waals surface area contributed by atoms with Crippen LogP contribution in [0.5, 0.6) is 11.5 Å². The highest BCUT2D eigenvalue weighted by atomic mass is 16.5. The Morgan fingerprint density at radius 2 is 1.81 bits per heavy atom. The van der Waals surface area contributed by atoms with Crippen molar-refractivity contribution in [1.82, 2.24) is 14.8 Å². The number of fused-ring (bicyclic) bond motifs is 1. The number of anilines is 2. The van der Waals surface area contributed by atoms with Crippen molar-refractivity contribution >= 4 is 11.9 Å². The second-order valence-corrected chi connectivity index (χ2v) is 6.24. The van der Waals surface area contributed by atoms with Crippen molar-refractivity contribution in [2.24, 2.45) is 0 Å². The van der Waals surface area contributed by atoms with E-state index in [0.717, 1.165) is 29.0 Å². The van der Waals surface area contributed by atoms with Crippen molar-refractivity contribution < 1.29 is 9.47 Å². The van der Waals surface area contributed by atoms with E-state index >= 15 is 0 Å². The number of nitrogens with zero attached hydrogens (tertiary/aromatic N) is 3. The first-order valence-electron chi connectivity index (χ1n) is 8.44. The van der Waals surface area contributed by atoms with E-state index in [9.17, 15) is 0 Å². The number of benzene rings is 2. The summed E-state index contributed by atoms with van der Waals surface area (Å²) in [6, 6.07) is 16.2. The average molecular weight is 351 g/mol. The minimum absolute atomic E-state index is 0.0261. The molecule has 0 radical (unpaired) electrons. The molecule has 2 heterocycles. The zero-order valence-corrected chi connectivity index (χ0v) is 14.7. The molecular formula is C19H21N5O2. The molecule has 0 bridgehead atoms. The number of hydrogen-bond donors (Lipinski definition) is 2. The Morgan fingerprint density at radius 3 is 2.54 bits per heavy atom. The number of nitrogens with two attached hydrogens (primary N) is 1. The summed E-state index contributed by atoms with van der Waals surface area (Å²) in [5.41, 5.74) is 8.12. The monoisotopic (exact) mass is 351 g/mol. The number of hydrogen-bond acceptors (Lipinski definition) is 6. The van der Waals surface area contributed by atoms with Gasteiger partial charge in [0.25, 0.3) is 0 Å². The molecule has 2 atom stereocenters. The lowest BCUT2D eigenvalue weighted by molar-refractivity contribution is 0.408. The number of nitrogens with one attached hydrogen (secondary N) is 1. The van der Waals surface area contributed by atoms with Crippen molar-refractivity contribution in [1.29, 1.82) is 0 Å². The Morgan fingerprint density at radius 1 is 1.04 bits per heavy atom. The highest BCUT2D eigenvalue weighted by Crippen LogP contribution is 2.38. The minimum Gasteiger partial charge on any atom is -0.497 e. The quantitative estimate of drug-likeness (QED) is 0.751. The van der Waals surface area contributed by atoms with Gasteiger partial charge in [-0.05, 0) is 41.8 Å². The molecule has 0 fully saturated rings. The SMILES string of the molecule is COc1ccc([C@@H]2C[C@H](c3cccc(OC)c3)Nc3nc(N)nn32)cc1. The van der Waals surface area contributed by atoms with Crippen molar-refractivity contribution in [3.63, 3.8) is 0 Å². The number of aromatic nitrogens is 3. The van der Waals surface area contributed by atoms with Gasteiger partial charge in [-0.25, -0.2) is 4.68 Å². The smallest absolute Gasteiger partial charge is 0.241 e. The van der Waals surface area contributed by atoms with Crippen LogP contribution in [0.1, 0.15) is 29.6 Å². The van der Waals surface area contributed by atoms with Gasteiger partial charge in [0, 0.05) is 0 Å². The van der Waals surface area contributed by atoms with Gasteiger partial charge in [-0.3, -0.25) is 0 Å². The third-order valence-electron chi connectivity index (χ3n) is 4.70. The van der Waals surface area contributed by atoms with Crippen LogP contribution in [0.2, 0.25) is 0 Å². The predicted molar refractivity (Wildman–Crippen MR) is 99.5 cm³/mol. The maximum Gasteiger partial charge on any atom is 0.241 e. The standard InChI is InChI=1S/C19H21N5O2/c1-25-14-8-6-12(7-9-14)17-11-16(13-4-3-5-15(10-13)26-2)21-19-22-18(20)23-24(17)19/h3-10,16-17H,11H2,1-2H3,(H3,20,21,22,23)/t16-,17+/m1/s1. The largest absolute Gasteiger partial charge is 0.497 e. The number of methoxy groups -OCH3 is 2. The van der Waals surface area contributed by atoms with E-state index in [1.807, 2.05) is 35.0 Å².